The van der Waals surface area contributed by atoms with Crippen LogP contribution in [0, 0.1) is 0 Å². The minimum absolute atomic E-state index is 0.00973. The quantitative estimate of drug-likeness (QED) is 0.516. The standard InChI is InChI=1S/C19H15ClN2O4/c1-22-14-6-5-12(20)9-13(14)17(18(19(22)24)21-10-23)11-4-7-15(25-2)16(8-11)26-3/h4-9H,1-3H3. The van der Waals surface area contributed by atoms with Crippen LogP contribution in [0.15, 0.2) is 46.2 Å². The number of hydrogen-bond acceptors (Lipinski definition) is 5. The molecule has 0 bridgehead atoms. The minimum Gasteiger partial charge on any atom is -0.493 e. The van der Waals surface area contributed by atoms with Gasteiger partial charge in [-0.2, -0.15) is 4.99 Å². The lowest BCUT2D eigenvalue weighted by Gasteiger charge is -2.15. The number of carbonyl (C=O) groups excluding carboxylic acids is 1. The van der Waals surface area contributed by atoms with Crippen molar-refractivity contribution in [1.82, 2.24) is 4.57 Å². The normalized spacial score (nSPS) is 10.5. The number of pyridine rings is 1. The fraction of sp³-hybridized carbons (Fsp3) is 0.158. The Morgan fingerprint density at radius 2 is 1.81 bits per heavy atom. The van der Waals surface area contributed by atoms with Gasteiger partial charge in [0.2, 0.25) is 6.08 Å². The zero-order valence-corrected chi connectivity index (χ0v) is 15.1. The summed E-state index contributed by atoms with van der Waals surface area (Å²) in [7, 11) is 4.67. The highest BCUT2D eigenvalue weighted by molar-refractivity contribution is 6.31. The summed E-state index contributed by atoms with van der Waals surface area (Å²) in [5, 5.41) is 1.18. The number of methoxy groups -OCH3 is 2. The number of nitrogens with zero attached hydrogens (tertiary/aromatic N) is 2. The SMILES string of the molecule is COc1ccc(-c2c(N=C=O)c(=O)n(C)c3ccc(Cl)cc23)cc1OC. The molecule has 3 rings (SSSR count). The summed E-state index contributed by atoms with van der Waals surface area (Å²) in [5.74, 6) is 1.03. The molecule has 0 saturated carbocycles. The Morgan fingerprint density at radius 3 is 2.46 bits per heavy atom. The highest BCUT2D eigenvalue weighted by Gasteiger charge is 2.18. The van der Waals surface area contributed by atoms with Crippen LogP contribution in [-0.4, -0.2) is 24.9 Å². The van der Waals surface area contributed by atoms with E-state index in [2.05, 4.69) is 4.99 Å². The van der Waals surface area contributed by atoms with Gasteiger partial charge < -0.3 is 14.0 Å². The van der Waals surface area contributed by atoms with Gasteiger partial charge in [0.05, 0.1) is 19.7 Å². The van der Waals surface area contributed by atoms with Gasteiger partial charge in [-0.05, 0) is 35.9 Å². The average molecular weight is 371 g/mol. The van der Waals surface area contributed by atoms with Crippen molar-refractivity contribution in [2.75, 3.05) is 14.2 Å². The topological polar surface area (TPSA) is 69.9 Å². The maximum atomic E-state index is 12.7. The molecule has 0 fully saturated rings. The maximum Gasteiger partial charge on any atom is 0.278 e. The van der Waals surface area contributed by atoms with Crippen molar-refractivity contribution in [2.45, 2.75) is 0 Å². The number of ether oxygens (including phenoxy) is 2. The molecule has 0 N–H and O–H groups in total. The van der Waals surface area contributed by atoms with Crippen molar-refractivity contribution in [1.29, 1.82) is 0 Å². The van der Waals surface area contributed by atoms with Crippen molar-refractivity contribution in [3.8, 4) is 22.6 Å². The van der Waals surface area contributed by atoms with Crippen LogP contribution in [0.2, 0.25) is 5.02 Å². The molecule has 0 amide bonds. The van der Waals surface area contributed by atoms with Crippen LogP contribution >= 0.6 is 11.6 Å². The van der Waals surface area contributed by atoms with Crippen molar-refractivity contribution >= 4 is 34.3 Å². The Bertz CT molecular complexity index is 1110. The van der Waals surface area contributed by atoms with E-state index in [1.54, 1.807) is 43.4 Å². The molecule has 0 unspecified atom stereocenters. The van der Waals surface area contributed by atoms with E-state index in [1.165, 1.54) is 24.9 Å². The van der Waals surface area contributed by atoms with Gasteiger partial charge in [-0.25, -0.2) is 4.79 Å². The van der Waals surface area contributed by atoms with Crippen LogP contribution < -0.4 is 15.0 Å². The monoisotopic (exact) mass is 370 g/mol. The second-order valence-electron chi connectivity index (χ2n) is 5.52. The number of aryl methyl sites for hydroxylation is 1. The maximum absolute atomic E-state index is 12.7. The Kier molecular flexibility index (Phi) is 4.80. The summed E-state index contributed by atoms with van der Waals surface area (Å²) in [5.41, 5.74) is 1.36. The molecule has 0 aliphatic carbocycles. The van der Waals surface area contributed by atoms with E-state index in [0.29, 0.717) is 38.6 Å². The number of halogens is 1. The van der Waals surface area contributed by atoms with Crippen LogP contribution in [0.3, 0.4) is 0 Å². The molecular weight excluding hydrogens is 356 g/mol. The Morgan fingerprint density at radius 1 is 1.08 bits per heavy atom. The Balaban J connectivity index is 2.50. The third-order valence-corrected chi connectivity index (χ3v) is 4.40. The first kappa shape index (κ1) is 17.7. The van der Waals surface area contributed by atoms with Crippen molar-refractivity contribution in [3.63, 3.8) is 0 Å². The summed E-state index contributed by atoms with van der Waals surface area (Å²) in [4.78, 5) is 27.3. The number of aliphatic imine (C=N–C) groups is 1. The highest BCUT2D eigenvalue weighted by Crippen LogP contribution is 2.39. The second-order valence-corrected chi connectivity index (χ2v) is 5.96. The molecule has 3 aromatic rings. The van der Waals surface area contributed by atoms with Gasteiger partial charge in [0, 0.05) is 23.0 Å². The average Bonchev–Trinajstić information content (AvgIpc) is 2.65. The fourth-order valence-electron chi connectivity index (χ4n) is 2.94. The molecule has 0 saturated heterocycles. The first-order chi connectivity index (χ1) is 12.5. The van der Waals surface area contributed by atoms with Gasteiger partial charge in [0.15, 0.2) is 11.5 Å². The predicted molar refractivity (Wildman–Crippen MR) is 101 cm³/mol. The number of fused-ring (bicyclic) bond motifs is 1. The van der Waals surface area contributed by atoms with Gasteiger partial charge in [-0.3, -0.25) is 4.79 Å². The third kappa shape index (κ3) is 2.86. The first-order valence-electron chi connectivity index (χ1n) is 7.64. The molecule has 0 aliphatic rings. The third-order valence-electron chi connectivity index (χ3n) is 4.16. The molecular formula is C19H15ClN2O4. The smallest absolute Gasteiger partial charge is 0.278 e. The number of benzene rings is 2. The highest BCUT2D eigenvalue weighted by atomic mass is 35.5. The van der Waals surface area contributed by atoms with Gasteiger partial charge >= 0.3 is 0 Å². The summed E-state index contributed by atoms with van der Waals surface area (Å²) in [6.45, 7) is 0. The number of rotatable bonds is 4. The lowest BCUT2D eigenvalue weighted by atomic mass is 9.98. The summed E-state index contributed by atoms with van der Waals surface area (Å²) < 4.78 is 12.0. The zero-order valence-electron chi connectivity index (χ0n) is 14.4. The molecule has 0 atom stereocenters. The van der Waals surface area contributed by atoms with Crippen LogP contribution in [0.25, 0.3) is 22.0 Å². The van der Waals surface area contributed by atoms with Crippen LogP contribution in [0.5, 0.6) is 11.5 Å². The van der Waals surface area contributed by atoms with Crippen molar-refractivity contribution < 1.29 is 14.3 Å². The van der Waals surface area contributed by atoms with E-state index in [4.69, 9.17) is 21.1 Å². The molecule has 0 radical (unpaired) electrons. The lowest BCUT2D eigenvalue weighted by Crippen LogP contribution is -2.17. The van der Waals surface area contributed by atoms with Crippen molar-refractivity contribution in [3.05, 3.63) is 51.8 Å². The first-order valence-corrected chi connectivity index (χ1v) is 8.02. The molecule has 26 heavy (non-hydrogen) atoms. The molecule has 0 aliphatic heterocycles. The predicted octanol–water partition coefficient (Wildman–Crippen LogP) is 3.84. The van der Waals surface area contributed by atoms with Gasteiger partial charge in [0.1, 0.15) is 5.69 Å². The lowest BCUT2D eigenvalue weighted by molar-refractivity contribution is 0.355. The fourth-order valence-corrected chi connectivity index (χ4v) is 3.11. The molecule has 132 valence electrons. The summed E-state index contributed by atoms with van der Waals surface area (Å²) in [6.07, 6.45) is 1.47. The van der Waals surface area contributed by atoms with Crippen LogP contribution in [0.1, 0.15) is 0 Å². The van der Waals surface area contributed by atoms with E-state index < -0.39 is 5.56 Å². The minimum atomic E-state index is -0.409. The summed E-state index contributed by atoms with van der Waals surface area (Å²) >= 11 is 6.17. The zero-order chi connectivity index (χ0) is 18.8. The molecule has 6 nitrogen and oxygen atoms in total. The Hall–Kier alpha value is -3.08. The van der Waals surface area contributed by atoms with E-state index in [-0.39, 0.29) is 5.69 Å². The van der Waals surface area contributed by atoms with Crippen molar-refractivity contribution in [2.24, 2.45) is 12.0 Å². The van der Waals surface area contributed by atoms with Crippen LogP contribution in [-0.2, 0) is 11.8 Å². The molecule has 0 spiro atoms. The second kappa shape index (κ2) is 7.04. The van der Waals surface area contributed by atoms with Gasteiger partial charge in [0.25, 0.3) is 5.56 Å². The molecule has 2 aromatic carbocycles. The van der Waals surface area contributed by atoms with E-state index in [9.17, 15) is 9.59 Å². The van der Waals surface area contributed by atoms with Gasteiger partial charge in [-0.1, -0.05) is 17.7 Å². The molecule has 7 heteroatoms. The van der Waals surface area contributed by atoms with E-state index in [1.807, 2.05) is 0 Å². The number of hydrogen-bond donors (Lipinski definition) is 0. The van der Waals surface area contributed by atoms with Gasteiger partial charge in [-0.15, -0.1) is 0 Å². The number of isocyanates is 1. The summed E-state index contributed by atoms with van der Waals surface area (Å²) in [6, 6.07) is 10.4. The largest absolute Gasteiger partial charge is 0.493 e. The molecule has 1 heterocycles. The van der Waals surface area contributed by atoms with Crippen LogP contribution in [0.4, 0.5) is 5.69 Å². The van der Waals surface area contributed by atoms with E-state index >= 15 is 0 Å². The molecule has 1 aromatic heterocycles. The Labute approximate surface area is 154 Å². The number of aromatic nitrogens is 1. The van der Waals surface area contributed by atoms with E-state index in [0.717, 1.165) is 0 Å².